The van der Waals surface area contributed by atoms with E-state index in [1.165, 1.54) is 31.6 Å². The van der Waals surface area contributed by atoms with Crippen LogP contribution in [0.1, 0.15) is 44.0 Å². The van der Waals surface area contributed by atoms with Crippen LogP contribution in [0.4, 0.5) is 0 Å². The lowest BCUT2D eigenvalue weighted by Gasteiger charge is -2.33. The predicted octanol–water partition coefficient (Wildman–Crippen LogP) is 1.54. The number of aromatic nitrogens is 2. The first-order valence-corrected chi connectivity index (χ1v) is 6.99. The topological polar surface area (TPSA) is 41.3 Å². The van der Waals surface area contributed by atoms with Gasteiger partial charge in [0.05, 0.1) is 5.69 Å². The number of nitrogens with zero attached hydrogens (tertiary/aromatic N) is 3. The summed E-state index contributed by atoms with van der Waals surface area (Å²) in [7, 11) is 1.97. The molecule has 1 aliphatic rings. The maximum absolute atomic E-state index is 9.01. The molecule has 1 aliphatic heterocycles. The zero-order valence-electron chi connectivity index (χ0n) is 11.8. The minimum absolute atomic E-state index is 0.199. The number of likely N-dealkylation sites (tertiary alicyclic amines) is 1. The normalized spacial score (nSPS) is 18.7. The van der Waals surface area contributed by atoms with E-state index < -0.39 is 0 Å². The van der Waals surface area contributed by atoms with Gasteiger partial charge in [-0.3, -0.25) is 4.68 Å². The number of hydrogen-bond acceptors (Lipinski definition) is 3. The van der Waals surface area contributed by atoms with Crippen LogP contribution in [0.5, 0.6) is 0 Å². The summed E-state index contributed by atoms with van der Waals surface area (Å²) < 4.78 is 1.92. The van der Waals surface area contributed by atoms with Crippen molar-refractivity contribution in [3.63, 3.8) is 0 Å². The molecule has 1 saturated heterocycles. The molecule has 2 heterocycles. The number of aryl methyl sites for hydroxylation is 1. The van der Waals surface area contributed by atoms with E-state index in [1.54, 1.807) is 0 Å². The average molecular weight is 251 g/mol. The van der Waals surface area contributed by atoms with Gasteiger partial charge in [0, 0.05) is 37.7 Å². The predicted molar refractivity (Wildman–Crippen MR) is 72.7 cm³/mol. The summed E-state index contributed by atoms with van der Waals surface area (Å²) in [5, 5.41) is 13.6. The molecule has 4 nitrogen and oxygen atoms in total. The first-order chi connectivity index (χ1) is 8.61. The van der Waals surface area contributed by atoms with E-state index in [0.29, 0.717) is 18.4 Å². The largest absolute Gasteiger partial charge is 0.396 e. The van der Waals surface area contributed by atoms with Gasteiger partial charge in [0.15, 0.2) is 0 Å². The molecule has 4 heteroatoms. The summed E-state index contributed by atoms with van der Waals surface area (Å²) >= 11 is 0. The molecule has 18 heavy (non-hydrogen) atoms. The Bertz CT molecular complexity index is 378. The molecule has 102 valence electrons. The van der Waals surface area contributed by atoms with Crippen LogP contribution in [0.2, 0.25) is 0 Å². The van der Waals surface area contributed by atoms with Gasteiger partial charge in [-0.1, -0.05) is 0 Å². The fraction of sp³-hybridized carbons (Fsp3) is 0.786. The minimum Gasteiger partial charge on any atom is -0.396 e. The van der Waals surface area contributed by atoms with Crippen molar-refractivity contribution in [2.45, 2.75) is 45.1 Å². The van der Waals surface area contributed by atoms with Gasteiger partial charge in [0.25, 0.3) is 0 Å². The molecule has 0 unspecified atom stereocenters. The van der Waals surface area contributed by atoms with Crippen molar-refractivity contribution in [3.05, 3.63) is 17.5 Å². The van der Waals surface area contributed by atoms with E-state index in [0.717, 1.165) is 5.69 Å². The SMILES string of the molecule is CC(C)N1CCC(c2cc(CCO)n(C)n2)CC1. The van der Waals surface area contributed by atoms with Crippen molar-refractivity contribution in [3.8, 4) is 0 Å². The van der Waals surface area contributed by atoms with Crippen LogP contribution in [-0.4, -0.2) is 45.5 Å². The molecule has 0 aromatic carbocycles. The van der Waals surface area contributed by atoms with Crippen molar-refractivity contribution in [1.29, 1.82) is 0 Å². The summed E-state index contributed by atoms with van der Waals surface area (Å²) in [4.78, 5) is 2.54. The zero-order valence-corrected chi connectivity index (χ0v) is 11.8. The van der Waals surface area contributed by atoms with Crippen molar-refractivity contribution in [2.75, 3.05) is 19.7 Å². The third kappa shape index (κ3) is 2.93. The van der Waals surface area contributed by atoms with Crippen LogP contribution in [0.3, 0.4) is 0 Å². The molecule has 0 aliphatic carbocycles. The highest BCUT2D eigenvalue weighted by atomic mass is 16.3. The molecule has 0 radical (unpaired) electrons. The van der Waals surface area contributed by atoms with Gasteiger partial charge in [0.2, 0.25) is 0 Å². The molecule has 0 spiro atoms. The molecular formula is C14H25N3O. The molecule has 0 bridgehead atoms. The lowest BCUT2D eigenvalue weighted by molar-refractivity contribution is 0.170. The number of aliphatic hydroxyl groups is 1. The van der Waals surface area contributed by atoms with Crippen molar-refractivity contribution < 1.29 is 5.11 Å². The van der Waals surface area contributed by atoms with E-state index in [-0.39, 0.29) is 6.61 Å². The van der Waals surface area contributed by atoms with Gasteiger partial charge in [-0.15, -0.1) is 0 Å². The molecule has 1 fully saturated rings. The van der Waals surface area contributed by atoms with Crippen molar-refractivity contribution >= 4 is 0 Å². The van der Waals surface area contributed by atoms with Crippen LogP contribution in [0, 0.1) is 0 Å². The Morgan fingerprint density at radius 3 is 2.61 bits per heavy atom. The number of rotatable bonds is 4. The number of hydrogen-bond donors (Lipinski definition) is 1. The van der Waals surface area contributed by atoms with E-state index in [9.17, 15) is 0 Å². The summed E-state index contributed by atoms with van der Waals surface area (Å²) in [6.07, 6.45) is 3.11. The molecule has 0 amide bonds. The Morgan fingerprint density at radius 2 is 2.06 bits per heavy atom. The molecule has 1 aromatic heterocycles. The third-order valence-electron chi connectivity index (χ3n) is 4.04. The van der Waals surface area contributed by atoms with E-state index in [2.05, 4.69) is 29.9 Å². The summed E-state index contributed by atoms with van der Waals surface area (Å²) in [5.74, 6) is 0.596. The number of piperidine rings is 1. The Hall–Kier alpha value is -0.870. The smallest absolute Gasteiger partial charge is 0.0659 e. The minimum atomic E-state index is 0.199. The Kier molecular flexibility index (Phi) is 4.40. The van der Waals surface area contributed by atoms with Crippen LogP contribution >= 0.6 is 0 Å². The highest BCUT2D eigenvalue weighted by Gasteiger charge is 2.24. The number of aliphatic hydroxyl groups excluding tert-OH is 1. The molecule has 1 N–H and O–H groups in total. The van der Waals surface area contributed by atoms with Gasteiger partial charge in [-0.25, -0.2) is 0 Å². The maximum atomic E-state index is 9.01. The lowest BCUT2D eigenvalue weighted by Crippen LogP contribution is -2.37. The Balaban J connectivity index is 1.99. The fourth-order valence-corrected chi connectivity index (χ4v) is 2.79. The standard InChI is InChI=1S/C14H25N3O/c1-11(2)17-7-4-12(5-8-17)14-10-13(6-9-18)16(3)15-14/h10-12,18H,4-9H2,1-3H3. The average Bonchev–Trinajstić information content (AvgIpc) is 2.72. The van der Waals surface area contributed by atoms with E-state index >= 15 is 0 Å². The Morgan fingerprint density at radius 1 is 1.39 bits per heavy atom. The van der Waals surface area contributed by atoms with Gasteiger partial charge in [0.1, 0.15) is 0 Å². The first-order valence-electron chi connectivity index (χ1n) is 6.99. The summed E-state index contributed by atoms with van der Waals surface area (Å²) in [5.41, 5.74) is 2.35. The molecule has 2 rings (SSSR count). The van der Waals surface area contributed by atoms with Crippen LogP contribution < -0.4 is 0 Å². The van der Waals surface area contributed by atoms with Gasteiger partial charge >= 0.3 is 0 Å². The van der Waals surface area contributed by atoms with E-state index in [4.69, 9.17) is 5.11 Å². The van der Waals surface area contributed by atoms with Crippen LogP contribution in [-0.2, 0) is 13.5 Å². The monoisotopic (exact) mass is 251 g/mol. The first kappa shape index (κ1) is 13.6. The van der Waals surface area contributed by atoms with Gasteiger partial charge in [-0.2, -0.15) is 5.10 Å². The highest BCUT2D eigenvalue weighted by Crippen LogP contribution is 2.28. The second kappa shape index (κ2) is 5.85. The second-order valence-electron chi connectivity index (χ2n) is 5.56. The van der Waals surface area contributed by atoms with Crippen LogP contribution in [0.15, 0.2) is 6.07 Å². The zero-order chi connectivity index (χ0) is 13.1. The second-order valence-corrected chi connectivity index (χ2v) is 5.56. The molecule has 1 aromatic rings. The van der Waals surface area contributed by atoms with Gasteiger partial charge < -0.3 is 10.0 Å². The van der Waals surface area contributed by atoms with Gasteiger partial charge in [-0.05, 0) is 45.8 Å². The summed E-state index contributed by atoms with van der Waals surface area (Å²) in [6.45, 7) is 7.08. The van der Waals surface area contributed by atoms with Crippen LogP contribution in [0.25, 0.3) is 0 Å². The third-order valence-corrected chi connectivity index (χ3v) is 4.04. The molecule has 0 atom stereocenters. The van der Waals surface area contributed by atoms with E-state index in [1.807, 2.05) is 11.7 Å². The lowest BCUT2D eigenvalue weighted by atomic mass is 9.93. The maximum Gasteiger partial charge on any atom is 0.0659 e. The summed E-state index contributed by atoms with van der Waals surface area (Å²) in [6, 6.07) is 2.82. The van der Waals surface area contributed by atoms with Crippen molar-refractivity contribution in [2.24, 2.45) is 7.05 Å². The quantitative estimate of drug-likeness (QED) is 0.882. The Labute approximate surface area is 110 Å². The fourth-order valence-electron chi connectivity index (χ4n) is 2.79. The highest BCUT2D eigenvalue weighted by molar-refractivity contribution is 5.15. The molecule has 0 saturated carbocycles. The molecular weight excluding hydrogens is 226 g/mol. The van der Waals surface area contributed by atoms with Crippen molar-refractivity contribution in [1.82, 2.24) is 14.7 Å².